The minimum atomic E-state index is -3.81. The molecule has 0 spiro atoms. The van der Waals surface area contributed by atoms with E-state index in [1.54, 1.807) is 37.3 Å². The number of nitrogens with zero attached hydrogens (tertiary/aromatic N) is 2. The molecule has 6 rings (SSSR count). The van der Waals surface area contributed by atoms with E-state index in [2.05, 4.69) is 14.9 Å². The van der Waals surface area contributed by atoms with Gasteiger partial charge in [-0.2, -0.15) is 4.98 Å². The van der Waals surface area contributed by atoms with E-state index >= 15 is 0 Å². The standard InChI is InChI=1S/C24H23N3O5S/c1-12-3-7-16(8-4-12)27-33(29,30)19-11-14(6-5-13(19)2)22-25-23(32-26-22)20-15-9-17-18(10-15)31-24(28)21(17)20/h3-8,11,15,17-18,20-21,27H,9-10H2,1-2H3/t15-,17+,18+,20-,21-/m1/s1. The van der Waals surface area contributed by atoms with Crippen LogP contribution in [0.15, 0.2) is 51.9 Å². The predicted octanol–water partition coefficient (Wildman–Crippen LogP) is 3.82. The average Bonchev–Trinajstić information content (AvgIpc) is 3.52. The molecule has 2 heterocycles. The molecule has 8 nitrogen and oxygen atoms in total. The van der Waals surface area contributed by atoms with Crippen molar-refractivity contribution in [2.75, 3.05) is 4.72 Å². The lowest BCUT2D eigenvalue weighted by Crippen LogP contribution is -2.24. The summed E-state index contributed by atoms with van der Waals surface area (Å²) in [4.78, 5) is 17.1. The van der Waals surface area contributed by atoms with Crippen LogP contribution in [-0.2, 0) is 19.6 Å². The van der Waals surface area contributed by atoms with Crippen molar-refractivity contribution >= 4 is 21.7 Å². The molecule has 1 N–H and O–H groups in total. The van der Waals surface area contributed by atoms with Gasteiger partial charge < -0.3 is 9.26 Å². The van der Waals surface area contributed by atoms with Gasteiger partial charge in [0.25, 0.3) is 10.0 Å². The number of sulfonamides is 1. The number of aryl methyl sites for hydroxylation is 2. The number of benzene rings is 2. The summed E-state index contributed by atoms with van der Waals surface area (Å²) in [7, 11) is -3.81. The van der Waals surface area contributed by atoms with Crippen molar-refractivity contribution < 1.29 is 22.5 Å². The molecule has 3 aliphatic rings. The monoisotopic (exact) mass is 465 g/mol. The molecule has 1 aromatic heterocycles. The number of rotatable bonds is 5. The van der Waals surface area contributed by atoms with E-state index in [1.807, 2.05) is 19.1 Å². The maximum atomic E-state index is 13.1. The van der Waals surface area contributed by atoms with Crippen LogP contribution < -0.4 is 4.72 Å². The summed E-state index contributed by atoms with van der Waals surface area (Å²) in [6.45, 7) is 3.68. The molecule has 33 heavy (non-hydrogen) atoms. The van der Waals surface area contributed by atoms with Crippen LogP contribution in [0.3, 0.4) is 0 Å². The van der Waals surface area contributed by atoms with E-state index < -0.39 is 10.0 Å². The summed E-state index contributed by atoms with van der Waals surface area (Å²) >= 11 is 0. The van der Waals surface area contributed by atoms with Crippen molar-refractivity contribution in [1.82, 2.24) is 10.1 Å². The Bertz CT molecular complexity index is 1360. The fraction of sp³-hybridized carbons (Fsp3) is 0.375. The van der Waals surface area contributed by atoms with Crippen LogP contribution in [0.5, 0.6) is 0 Å². The highest BCUT2D eigenvalue weighted by atomic mass is 32.2. The number of hydrogen-bond donors (Lipinski definition) is 1. The molecule has 0 amide bonds. The summed E-state index contributed by atoms with van der Waals surface area (Å²) < 4.78 is 39.9. The molecule has 2 bridgehead atoms. The third kappa shape index (κ3) is 3.25. The van der Waals surface area contributed by atoms with E-state index in [9.17, 15) is 13.2 Å². The highest BCUT2D eigenvalue weighted by Gasteiger charge is 2.63. The number of carbonyl (C=O) groups is 1. The van der Waals surface area contributed by atoms with E-state index in [0.717, 1.165) is 18.4 Å². The predicted molar refractivity (Wildman–Crippen MR) is 119 cm³/mol. The normalized spacial score (nSPS) is 27.7. The number of ether oxygens (including phenoxy) is 1. The van der Waals surface area contributed by atoms with Crippen molar-refractivity contribution in [3.05, 3.63) is 59.5 Å². The Kier molecular flexibility index (Phi) is 4.42. The fourth-order valence-electron chi connectivity index (χ4n) is 5.69. The van der Waals surface area contributed by atoms with Crippen molar-refractivity contribution in [3.63, 3.8) is 0 Å². The van der Waals surface area contributed by atoms with Crippen LogP contribution in [0.25, 0.3) is 11.4 Å². The summed E-state index contributed by atoms with van der Waals surface area (Å²) in [5.41, 5.74) is 2.68. The van der Waals surface area contributed by atoms with Gasteiger partial charge in [0.05, 0.1) is 16.7 Å². The first kappa shape index (κ1) is 20.4. The Labute approximate surface area is 191 Å². The summed E-state index contributed by atoms with van der Waals surface area (Å²) in [5.74, 6) is 0.781. The molecule has 1 saturated heterocycles. The Morgan fingerprint density at radius 3 is 2.61 bits per heavy atom. The second-order valence-corrected chi connectivity index (χ2v) is 11.0. The number of esters is 1. The molecule has 2 saturated carbocycles. The molecule has 3 fully saturated rings. The zero-order valence-corrected chi connectivity index (χ0v) is 19.0. The Balaban J connectivity index is 1.30. The Hall–Kier alpha value is -3.20. The van der Waals surface area contributed by atoms with Gasteiger partial charge in [0.2, 0.25) is 11.7 Å². The number of hydrogen-bond acceptors (Lipinski definition) is 7. The van der Waals surface area contributed by atoms with E-state index in [4.69, 9.17) is 9.26 Å². The van der Waals surface area contributed by atoms with E-state index in [1.165, 1.54) is 0 Å². The lowest BCUT2D eigenvalue weighted by atomic mass is 9.80. The van der Waals surface area contributed by atoms with Crippen molar-refractivity contribution in [1.29, 1.82) is 0 Å². The van der Waals surface area contributed by atoms with Gasteiger partial charge in [-0.1, -0.05) is 35.0 Å². The van der Waals surface area contributed by atoms with Gasteiger partial charge >= 0.3 is 5.97 Å². The van der Waals surface area contributed by atoms with Gasteiger partial charge in [-0.3, -0.25) is 9.52 Å². The smallest absolute Gasteiger partial charge is 0.310 e. The van der Waals surface area contributed by atoms with Gasteiger partial charge in [-0.25, -0.2) is 8.42 Å². The highest BCUT2D eigenvalue weighted by Crippen LogP contribution is 2.61. The number of fused-ring (bicyclic) bond motifs is 1. The maximum absolute atomic E-state index is 13.1. The van der Waals surface area contributed by atoms with Gasteiger partial charge in [-0.15, -0.1) is 0 Å². The third-order valence-corrected chi connectivity index (χ3v) is 8.77. The zero-order valence-electron chi connectivity index (χ0n) is 18.2. The van der Waals surface area contributed by atoms with Crippen molar-refractivity contribution in [3.8, 4) is 11.4 Å². The highest BCUT2D eigenvalue weighted by molar-refractivity contribution is 7.92. The number of aromatic nitrogens is 2. The molecule has 2 aliphatic carbocycles. The minimum absolute atomic E-state index is 0.0389. The second-order valence-electron chi connectivity index (χ2n) is 9.33. The summed E-state index contributed by atoms with van der Waals surface area (Å²) in [5, 5.41) is 4.12. The van der Waals surface area contributed by atoms with Gasteiger partial charge in [0, 0.05) is 17.2 Å². The fourth-order valence-corrected chi connectivity index (χ4v) is 7.02. The molecule has 0 unspecified atom stereocenters. The van der Waals surface area contributed by atoms with Crippen LogP contribution >= 0.6 is 0 Å². The SMILES string of the molecule is Cc1ccc(NS(=O)(=O)c2cc(-c3noc([C@@H]4[C@@H]5C[C@@H]6[C@H]4C(=O)O[C@H]6C5)n3)ccc2C)cc1. The summed E-state index contributed by atoms with van der Waals surface area (Å²) in [6, 6.07) is 12.2. The van der Waals surface area contributed by atoms with Crippen LogP contribution in [-0.4, -0.2) is 30.6 Å². The molecule has 1 aliphatic heterocycles. The molecule has 3 aromatic rings. The third-order valence-electron chi connectivity index (χ3n) is 7.25. The average molecular weight is 466 g/mol. The van der Waals surface area contributed by atoms with Gasteiger partial charge in [0.1, 0.15) is 6.10 Å². The summed E-state index contributed by atoms with van der Waals surface area (Å²) in [6.07, 6.45) is 1.82. The lowest BCUT2D eigenvalue weighted by molar-refractivity contribution is -0.143. The van der Waals surface area contributed by atoms with E-state index in [-0.39, 0.29) is 34.7 Å². The van der Waals surface area contributed by atoms with Crippen LogP contribution in [0.1, 0.15) is 35.8 Å². The molecule has 0 radical (unpaired) electrons. The quantitative estimate of drug-likeness (QED) is 0.570. The van der Waals surface area contributed by atoms with Crippen LogP contribution in [0.4, 0.5) is 5.69 Å². The molecule has 9 heteroatoms. The number of anilines is 1. The molecule has 2 aromatic carbocycles. The topological polar surface area (TPSA) is 111 Å². The van der Waals surface area contributed by atoms with Crippen molar-refractivity contribution in [2.24, 2.45) is 17.8 Å². The molecular formula is C24H23N3O5S. The zero-order chi connectivity index (χ0) is 22.9. The molecule has 170 valence electrons. The van der Waals surface area contributed by atoms with Crippen molar-refractivity contribution in [2.45, 2.75) is 43.6 Å². The van der Waals surface area contributed by atoms with E-state index in [0.29, 0.717) is 34.4 Å². The first-order valence-electron chi connectivity index (χ1n) is 11.0. The second kappa shape index (κ2) is 7.15. The van der Waals surface area contributed by atoms with Crippen LogP contribution in [0.2, 0.25) is 0 Å². The molecule has 5 atom stereocenters. The van der Waals surface area contributed by atoms with Gasteiger partial charge in [0.15, 0.2) is 0 Å². The Morgan fingerprint density at radius 2 is 1.82 bits per heavy atom. The number of carbonyl (C=O) groups excluding carboxylic acids is 1. The molecular weight excluding hydrogens is 442 g/mol. The van der Waals surface area contributed by atoms with Gasteiger partial charge in [-0.05, 0) is 56.4 Å². The first-order chi connectivity index (χ1) is 15.8. The Morgan fingerprint density at radius 1 is 1.03 bits per heavy atom. The lowest BCUT2D eigenvalue weighted by Gasteiger charge is -2.20. The van der Waals surface area contributed by atoms with Crippen LogP contribution in [0, 0.1) is 31.6 Å². The number of nitrogens with one attached hydrogen (secondary N) is 1. The maximum Gasteiger partial charge on any atom is 0.310 e. The first-order valence-corrected chi connectivity index (χ1v) is 12.5. The minimum Gasteiger partial charge on any atom is -0.462 e. The largest absolute Gasteiger partial charge is 0.462 e.